The first-order valence-corrected chi connectivity index (χ1v) is 6.36. The molecule has 3 heteroatoms. The Morgan fingerprint density at radius 3 is 2.53 bits per heavy atom. The summed E-state index contributed by atoms with van der Waals surface area (Å²) in [5, 5.41) is 3.71. The Morgan fingerprint density at radius 1 is 1.16 bits per heavy atom. The standard InChI is InChI=1S/C16H20N2O/c1-17(2)18(19-3)16-12-8-7-11-15(16)13-14-9-5-4-6-10-14/h4-10,12-13H,11H2,1-3H3. The van der Waals surface area contributed by atoms with E-state index in [-0.39, 0.29) is 0 Å². The van der Waals surface area contributed by atoms with Crippen molar-refractivity contribution in [1.82, 2.24) is 10.2 Å². The van der Waals surface area contributed by atoms with Gasteiger partial charge in [-0.25, -0.2) is 5.01 Å². The number of hydroxylamine groups is 1. The van der Waals surface area contributed by atoms with E-state index in [0.717, 1.165) is 12.1 Å². The van der Waals surface area contributed by atoms with Crippen LogP contribution in [0.3, 0.4) is 0 Å². The maximum absolute atomic E-state index is 5.44. The number of allylic oxidation sites excluding steroid dienone is 4. The third-order valence-corrected chi connectivity index (χ3v) is 2.94. The zero-order chi connectivity index (χ0) is 13.7. The fourth-order valence-corrected chi connectivity index (χ4v) is 2.11. The number of hydrogen-bond acceptors (Lipinski definition) is 3. The third-order valence-electron chi connectivity index (χ3n) is 2.94. The number of nitrogens with zero attached hydrogens (tertiary/aromatic N) is 2. The quantitative estimate of drug-likeness (QED) is 0.769. The van der Waals surface area contributed by atoms with E-state index < -0.39 is 0 Å². The average Bonchev–Trinajstić information content (AvgIpc) is 2.42. The summed E-state index contributed by atoms with van der Waals surface area (Å²) in [5.41, 5.74) is 3.51. The maximum Gasteiger partial charge on any atom is 0.0860 e. The Bertz CT molecular complexity index is 501. The molecule has 1 aliphatic rings. The molecule has 0 amide bonds. The van der Waals surface area contributed by atoms with E-state index in [1.54, 1.807) is 12.3 Å². The normalized spacial score (nSPS) is 16.8. The minimum Gasteiger partial charge on any atom is -0.261 e. The SMILES string of the molecule is CON(C1=CC=CCC1=Cc1ccccc1)N(C)C. The predicted molar refractivity (Wildman–Crippen MR) is 78.8 cm³/mol. The molecule has 3 nitrogen and oxygen atoms in total. The molecule has 0 bridgehead atoms. The third kappa shape index (κ3) is 3.34. The highest BCUT2D eigenvalue weighted by molar-refractivity contribution is 5.59. The van der Waals surface area contributed by atoms with Gasteiger partial charge in [0, 0.05) is 14.1 Å². The van der Waals surface area contributed by atoms with Crippen LogP contribution in [0.25, 0.3) is 6.08 Å². The molecule has 0 fully saturated rings. The number of hydrazine groups is 1. The summed E-state index contributed by atoms with van der Waals surface area (Å²) in [5.74, 6) is 0. The van der Waals surface area contributed by atoms with Crippen LogP contribution in [-0.4, -0.2) is 31.4 Å². The van der Waals surface area contributed by atoms with E-state index in [4.69, 9.17) is 4.84 Å². The van der Waals surface area contributed by atoms with Gasteiger partial charge >= 0.3 is 0 Å². The molecule has 1 aliphatic carbocycles. The Kier molecular flexibility index (Phi) is 4.55. The first-order valence-electron chi connectivity index (χ1n) is 6.36. The summed E-state index contributed by atoms with van der Waals surface area (Å²) in [6.07, 6.45) is 9.40. The first-order chi connectivity index (χ1) is 9.22. The summed E-state index contributed by atoms with van der Waals surface area (Å²) in [6, 6.07) is 10.3. The molecule has 0 saturated heterocycles. The van der Waals surface area contributed by atoms with Crippen LogP contribution < -0.4 is 0 Å². The summed E-state index contributed by atoms with van der Waals surface area (Å²) < 4.78 is 0. The summed E-state index contributed by atoms with van der Waals surface area (Å²) in [4.78, 5) is 5.44. The maximum atomic E-state index is 5.44. The average molecular weight is 256 g/mol. The fraction of sp³-hybridized carbons (Fsp3) is 0.250. The highest BCUT2D eigenvalue weighted by Gasteiger charge is 2.16. The highest BCUT2D eigenvalue weighted by Crippen LogP contribution is 2.26. The van der Waals surface area contributed by atoms with E-state index in [1.807, 2.05) is 25.2 Å². The van der Waals surface area contributed by atoms with Crippen molar-refractivity contribution < 1.29 is 4.84 Å². The van der Waals surface area contributed by atoms with Crippen molar-refractivity contribution in [3.63, 3.8) is 0 Å². The lowest BCUT2D eigenvalue weighted by atomic mass is 10.0. The van der Waals surface area contributed by atoms with Crippen molar-refractivity contribution >= 4 is 6.08 Å². The van der Waals surface area contributed by atoms with Gasteiger partial charge in [0.2, 0.25) is 0 Å². The number of hydrogen-bond donors (Lipinski definition) is 0. The fourth-order valence-electron chi connectivity index (χ4n) is 2.11. The Morgan fingerprint density at radius 2 is 1.89 bits per heavy atom. The molecule has 1 aromatic carbocycles. The predicted octanol–water partition coefficient (Wildman–Crippen LogP) is 3.25. The zero-order valence-electron chi connectivity index (χ0n) is 11.7. The van der Waals surface area contributed by atoms with Gasteiger partial charge in [-0.05, 0) is 29.7 Å². The second-order valence-corrected chi connectivity index (χ2v) is 4.57. The molecule has 19 heavy (non-hydrogen) atoms. The van der Waals surface area contributed by atoms with Crippen LogP contribution in [0.2, 0.25) is 0 Å². The van der Waals surface area contributed by atoms with Crippen molar-refractivity contribution in [2.45, 2.75) is 6.42 Å². The molecule has 0 spiro atoms. The van der Waals surface area contributed by atoms with Gasteiger partial charge in [0.25, 0.3) is 0 Å². The minimum atomic E-state index is 0.911. The molecule has 0 atom stereocenters. The molecule has 100 valence electrons. The summed E-state index contributed by atoms with van der Waals surface area (Å²) in [7, 11) is 5.60. The molecule has 0 heterocycles. The van der Waals surface area contributed by atoms with E-state index >= 15 is 0 Å². The molecule has 0 aliphatic heterocycles. The molecule has 1 aromatic rings. The largest absolute Gasteiger partial charge is 0.261 e. The summed E-state index contributed by atoms with van der Waals surface area (Å²) in [6.45, 7) is 0. The molecular formula is C16H20N2O. The Hall–Kier alpha value is -1.84. The summed E-state index contributed by atoms with van der Waals surface area (Å²) >= 11 is 0. The van der Waals surface area contributed by atoms with E-state index in [2.05, 4.69) is 48.6 Å². The van der Waals surface area contributed by atoms with Crippen LogP contribution >= 0.6 is 0 Å². The van der Waals surface area contributed by atoms with Gasteiger partial charge in [-0.15, -0.1) is 0 Å². The van der Waals surface area contributed by atoms with Gasteiger partial charge in [0.15, 0.2) is 0 Å². The van der Waals surface area contributed by atoms with Crippen LogP contribution in [0, 0.1) is 0 Å². The zero-order valence-corrected chi connectivity index (χ0v) is 11.7. The van der Waals surface area contributed by atoms with E-state index in [1.165, 1.54) is 11.1 Å². The van der Waals surface area contributed by atoms with Crippen LogP contribution in [0.4, 0.5) is 0 Å². The van der Waals surface area contributed by atoms with Gasteiger partial charge < -0.3 is 0 Å². The van der Waals surface area contributed by atoms with Crippen molar-refractivity contribution in [2.24, 2.45) is 0 Å². The highest BCUT2D eigenvalue weighted by atomic mass is 16.7. The molecule has 0 aromatic heterocycles. The molecule has 0 unspecified atom stereocenters. The lowest BCUT2D eigenvalue weighted by molar-refractivity contribution is -0.219. The first kappa shape index (κ1) is 13.6. The molecule has 0 saturated carbocycles. The van der Waals surface area contributed by atoms with Crippen molar-refractivity contribution in [3.8, 4) is 0 Å². The van der Waals surface area contributed by atoms with Crippen LogP contribution in [0.15, 0.2) is 59.8 Å². The van der Waals surface area contributed by atoms with Crippen molar-refractivity contribution in [1.29, 1.82) is 0 Å². The van der Waals surface area contributed by atoms with Gasteiger partial charge in [-0.3, -0.25) is 4.84 Å². The minimum absolute atomic E-state index is 0.911. The molecular weight excluding hydrogens is 236 g/mol. The topological polar surface area (TPSA) is 15.7 Å². The van der Waals surface area contributed by atoms with Crippen LogP contribution in [-0.2, 0) is 4.84 Å². The second-order valence-electron chi connectivity index (χ2n) is 4.57. The van der Waals surface area contributed by atoms with Crippen molar-refractivity contribution in [2.75, 3.05) is 21.2 Å². The number of benzene rings is 1. The van der Waals surface area contributed by atoms with E-state index in [9.17, 15) is 0 Å². The van der Waals surface area contributed by atoms with Crippen LogP contribution in [0.1, 0.15) is 12.0 Å². The Labute approximate surface area is 115 Å². The smallest absolute Gasteiger partial charge is 0.0860 e. The van der Waals surface area contributed by atoms with Crippen LogP contribution in [0.5, 0.6) is 0 Å². The molecule has 2 rings (SSSR count). The molecule has 0 N–H and O–H groups in total. The number of rotatable bonds is 4. The lowest BCUT2D eigenvalue weighted by Gasteiger charge is -2.32. The van der Waals surface area contributed by atoms with E-state index in [0.29, 0.717) is 0 Å². The van der Waals surface area contributed by atoms with Crippen molar-refractivity contribution in [3.05, 3.63) is 65.4 Å². The van der Waals surface area contributed by atoms with Gasteiger partial charge in [-0.1, -0.05) is 42.5 Å². The monoisotopic (exact) mass is 256 g/mol. The Balaban J connectivity index is 2.32. The molecule has 0 radical (unpaired) electrons. The van der Waals surface area contributed by atoms with Gasteiger partial charge in [0.05, 0.1) is 12.8 Å². The second kappa shape index (κ2) is 6.36. The van der Waals surface area contributed by atoms with Gasteiger partial charge in [0.1, 0.15) is 0 Å². The van der Waals surface area contributed by atoms with Gasteiger partial charge in [-0.2, -0.15) is 5.17 Å². The lowest BCUT2D eigenvalue weighted by Crippen LogP contribution is -2.36.